The largest absolute Gasteiger partial charge is 0.0888 e. The molecule has 0 N–H and O–H groups in total. The molecule has 0 aliphatic heterocycles. The van der Waals surface area contributed by atoms with Crippen LogP contribution in [0, 0.1) is 0 Å². The molecular weight excluding hydrogens is 252 g/mol. The van der Waals surface area contributed by atoms with E-state index in [1.807, 2.05) is 0 Å². The molecule has 0 unspecified atom stereocenters. The van der Waals surface area contributed by atoms with E-state index in [1.54, 1.807) is 0 Å². The summed E-state index contributed by atoms with van der Waals surface area (Å²) in [4.78, 5) is 0. The van der Waals surface area contributed by atoms with Crippen LogP contribution in [0.5, 0.6) is 0 Å². The molecule has 124 valence electrons. The lowest BCUT2D eigenvalue weighted by Gasteiger charge is -1.99. The predicted molar refractivity (Wildman–Crippen MR) is 98.9 cm³/mol. The molecule has 0 aromatic rings. The lowest BCUT2D eigenvalue weighted by atomic mass is 10.1. The monoisotopic (exact) mass is 292 g/mol. The fraction of sp³-hybridized carbons (Fsp3) is 0.810. The van der Waals surface area contributed by atoms with Crippen LogP contribution < -0.4 is 0 Å². The molecule has 0 aliphatic carbocycles. The van der Waals surface area contributed by atoms with Gasteiger partial charge in [-0.2, -0.15) is 0 Å². The van der Waals surface area contributed by atoms with Crippen LogP contribution in [0.25, 0.3) is 0 Å². The van der Waals surface area contributed by atoms with Crippen molar-refractivity contribution in [2.45, 2.75) is 110 Å². The summed E-state index contributed by atoms with van der Waals surface area (Å²) in [5.41, 5.74) is 0. The second-order valence-electron chi connectivity index (χ2n) is 6.25. The quantitative estimate of drug-likeness (QED) is 0.200. The summed E-state index contributed by atoms with van der Waals surface area (Å²) in [6, 6.07) is 0. The zero-order chi connectivity index (χ0) is 15.4. The third-order valence-electron chi connectivity index (χ3n) is 4.03. The normalized spacial score (nSPS) is 11.9. The molecule has 0 rings (SSSR count). The molecule has 0 aliphatic rings. The lowest BCUT2D eigenvalue weighted by molar-refractivity contribution is 0.609. The Morgan fingerprint density at radius 3 is 1.24 bits per heavy atom. The highest BCUT2D eigenvalue weighted by Gasteiger charge is 1.90. The average Bonchev–Trinajstić information content (AvgIpc) is 2.50. The zero-order valence-electron chi connectivity index (χ0n) is 14.9. The Hall–Kier alpha value is -0.520. The van der Waals surface area contributed by atoms with Gasteiger partial charge in [0.25, 0.3) is 0 Å². The molecule has 0 amide bonds. The van der Waals surface area contributed by atoms with Crippen molar-refractivity contribution in [2.24, 2.45) is 0 Å². The van der Waals surface area contributed by atoms with E-state index in [0.717, 1.165) is 0 Å². The summed E-state index contributed by atoms with van der Waals surface area (Å²) < 4.78 is 0. The molecule has 0 aromatic carbocycles. The Bertz CT molecular complexity index is 224. The van der Waals surface area contributed by atoms with E-state index in [2.05, 4.69) is 38.2 Å². The third-order valence-corrected chi connectivity index (χ3v) is 4.03. The van der Waals surface area contributed by atoms with Gasteiger partial charge in [0.15, 0.2) is 0 Å². The molecule has 0 heterocycles. The van der Waals surface area contributed by atoms with Crippen LogP contribution in [-0.4, -0.2) is 0 Å². The van der Waals surface area contributed by atoms with Gasteiger partial charge in [-0.25, -0.2) is 0 Å². The minimum atomic E-state index is 1.19. The summed E-state index contributed by atoms with van der Waals surface area (Å²) >= 11 is 0. The van der Waals surface area contributed by atoms with Gasteiger partial charge in [0.05, 0.1) is 0 Å². The van der Waals surface area contributed by atoms with Gasteiger partial charge in [-0.3, -0.25) is 0 Å². The Labute approximate surface area is 135 Å². The van der Waals surface area contributed by atoms with Crippen molar-refractivity contribution >= 4 is 0 Å². The highest BCUT2D eigenvalue weighted by molar-refractivity contribution is 4.81. The van der Waals surface area contributed by atoms with Crippen molar-refractivity contribution in [3.8, 4) is 0 Å². The first-order valence-electron chi connectivity index (χ1n) is 9.71. The average molecular weight is 293 g/mol. The number of unbranched alkanes of at least 4 members (excludes halogenated alkanes) is 12. The van der Waals surface area contributed by atoms with Crippen LogP contribution in [0.3, 0.4) is 0 Å². The van der Waals surface area contributed by atoms with Crippen LogP contribution >= 0.6 is 0 Å². The van der Waals surface area contributed by atoms with Crippen LogP contribution in [0.15, 0.2) is 24.3 Å². The zero-order valence-corrected chi connectivity index (χ0v) is 14.9. The third kappa shape index (κ3) is 19.5. The SMILES string of the molecule is CC/C=C/CCCCCCCC=CCCCCCCCC. The highest BCUT2D eigenvalue weighted by Crippen LogP contribution is 2.10. The first-order chi connectivity index (χ1) is 10.4. The Morgan fingerprint density at radius 2 is 0.810 bits per heavy atom. The first-order valence-corrected chi connectivity index (χ1v) is 9.71. The highest BCUT2D eigenvalue weighted by atomic mass is 14.0. The van der Waals surface area contributed by atoms with E-state index >= 15 is 0 Å². The van der Waals surface area contributed by atoms with Crippen LogP contribution in [-0.2, 0) is 0 Å². The molecule has 0 saturated heterocycles. The van der Waals surface area contributed by atoms with E-state index in [0.29, 0.717) is 0 Å². The van der Waals surface area contributed by atoms with Gasteiger partial charge in [-0.15, -0.1) is 0 Å². The Balaban J connectivity index is 3.06. The molecule has 0 spiro atoms. The van der Waals surface area contributed by atoms with Gasteiger partial charge in [0.2, 0.25) is 0 Å². The second kappa shape index (κ2) is 19.5. The smallest absolute Gasteiger partial charge is 0.0351 e. The molecule has 21 heavy (non-hydrogen) atoms. The van der Waals surface area contributed by atoms with Gasteiger partial charge in [-0.05, 0) is 44.9 Å². The van der Waals surface area contributed by atoms with Crippen molar-refractivity contribution in [3.63, 3.8) is 0 Å². The lowest BCUT2D eigenvalue weighted by Crippen LogP contribution is -1.79. The van der Waals surface area contributed by atoms with Crippen molar-refractivity contribution in [1.29, 1.82) is 0 Å². The number of allylic oxidation sites excluding steroid dienone is 4. The maximum atomic E-state index is 2.41. The summed E-state index contributed by atoms with van der Waals surface area (Å²) in [5.74, 6) is 0. The molecule has 0 saturated carbocycles. The van der Waals surface area contributed by atoms with Crippen molar-refractivity contribution < 1.29 is 0 Å². The molecule has 0 fully saturated rings. The topological polar surface area (TPSA) is 0 Å². The number of hydrogen-bond acceptors (Lipinski definition) is 0. The van der Waals surface area contributed by atoms with Crippen molar-refractivity contribution in [3.05, 3.63) is 24.3 Å². The molecule has 0 atom stereocenters. The van der Waals surface area contributed by atoms with Crippen molar-refractivity contribution in [2.75, 3.05) is 0 Å². The molecule has 0 heteroatoms. The second-order valence-corrected chi connectivity index (χ2v) is 6.25. The fourth-order valence-electron chi connectivity index (χ4n) is 2.62. The minimum Gasteiger partial charge on any atom is -0.0888 e. The summed E-state index contributed by atoms with van der Waals surface area (Å²) in [5, 5.41) is 0. The Kier molecular flexibility index (Phi) is 19.0. The van der Waals surface area contributed by atoms with Gasteiger partial charge < -0.3 is 0 Å². The van der Waals surface area contributed by atoms with Crippen molar-refractivity contribution in [1.82, 2.24) is 0 Å². The Morgan fingerprint density at radius 1 is 0.429 bits per heavy atom. The summed E-state index contributed by atoms with van der Waals surface area (Å²) in [7, 11) is 0. The van der Waals surface area contributed by atoms with E-state index in [4.69, 9.17) is 0 Å². The van der Waals surface area contributed by atoms with E-state index < -0.39 is 0 Å². The van der Waals surface area contributed by atoms with Crippen LogP contribution in [0.2, 0.25) is 0 Å². The molecule has 0 aromatic heterocycles. The standard InChI is InChI=1S/C21H40/c1-3-5-7-9-11-13-15-17-19-21-20-18-16-14-12-10-8-6-4-2/h5,7,18,20H,3-4,6,8-17,19,21H2,1-2H3/b7-5+,20-18?. The maximum absolute atomic E-state index is 2.41. The number of hydrogen-bond donors (Lipinski definition) is 0. The van der Waals surface area contributed by atoms with Crippen LogP contribution in [0.1, 0.15) is 110 Å². The van der Waals surface area contributed by atoms with Gasteiger partial charge in [0, 0.05) is 0 Å². The first kappa shape index (κ1) is 20.5. The molecule has 0 radical (unpaired) electrons. The van der Waals surface area contributed by atoms with E-state index in [9.17, 15) is 0 Å². The van der Waals surface area contributed by atoms with Crippen LogP contribution in [0.4, 0.5) is 0 Å². The fourth-order valence-corrected chi connectivity index (χ4v) is 2.62. The van der Waals surface area contributed by atoms with Gasteiger partial charge in [0.1, 0.15) is 0 Å². The predicted octanol–water partition coefficient (Wildman–Crippen LogP) is 7.99. The maximum Gasteiger partial charge on any atom is -0.0351 e. The molecule has 0 nitrogen and oxygen atoms in total. The molecule has 0 bridgehead atoms. The van der Waals surface area contributed by atoms with E-state index in [1.165, 1.54) is 96.3 Å². The summed E-state index contributed by atoms with van der Waals surface area (Å²) in [6.45, 7) is 4.49. The van der Waals surface area contributed by atoms with Gasteiger partial charge in [-0.1, -0.05) is 89.5 Å². The molecular formula is C21H40. The number of rotatable bonds is 16. The van der Waals surface area contributed by atoms with Gasteiger partial charge >= 0.3 is 0 Å². The minimum absolute atomic E-state index is 1.19. The summed E-state index contributed by atoms with van der Waals surface area (Å²) in [6.07, 6.45) is 30.0. The van der Waals surface area contributed by atoms with E-state index in [-0.39, 0.29) is 0 Å².